The Hall–Kier alpha value is -1.35. The maximum atomic E-state index is 11.2. The molecule has 1 aromatic rings. The first kappa shape index (κ1) is 14.1. The number of rotatable bonds is 5. The number of anilines is 1. The van der Waals surface area contributed by atoms with Crippen LogP contribution in [-0.4, -0.2) is 36.4 Å². The molecule has 0 saturated carbocycles. The maximum absolute atomic E-state index is 11.2. The summed E-state index contributed by atoms with van der Waals surface area (Å²) in [7, 11) is 0. The number of nitrogens with zero attached hydrogens (tertiary/aromatic N) is 1. The van der Waals surface area contributed by atoms with Gasteiger partial charge in [0, 0.05) is 23.8 Å². The van der Waals surface area contributed by atoms with Crippen LogP contribution < -0.4 is 5.32 Å². The Kier molecular flexibility index (Phi) is 4.97. The summed E-state index contributed by atoms with van der Waals surface area (Å²) in [5.41, 5.74) is 1.86. The lowest BCUT2D eigenvalue weighted by Crippen LogP contribution is -2.38. The summed E-state index contributed by atoms with van der Waals surface area (Å²) in [5, 5.41) is 3.50. The molecule has 1 aromatic carbocycles. The molecule has 1 saturated heterocycles. The molecule has 0 aromatic heterocycles. The number of hydrogen-bond acceptors (Lipinski definition) is 3. The summed E-state index contributed by atoms with van der Waals surface area (Å²) < 4.78 is 0. The minimum atomic E-state index is 0.118. The van der Waals surface area contributed by atoms with Crippen LogP contribution >= 0.6 is 0 Å². The van der Waals surface area contributed by atoms with Crippen molar-refractivity contribution in [1.29, 1.82) is 0 Å². The molecule has 3 nitrogen and oxygen atoms in total. The third-order valence-electron chi connectivity index (χ3n) is 3.69. The zero-order valence-corrected chi connectivity index (χ0v) is 12.0. The fourth-order valence-corrected chi connectivity index (χ4v) is 2.66. The monoisotopic (exact) mass is 260 g/mol. The van der Waals surface area contributed by atoms with E-state index in [1.165, 1.54) is 32.4 Å². The van der Waals surface area contributed by atoms with Crippen LogP contribution in [0.25, 0.3) is 0 Å². The zero-order chi connectivity index (χ0) is 13.7. The van der Waals surface area contributed by atoms with Crippen LogP contribution in [-0.2, 0) is 0 Å². The van der Waals surface area contributed by atoms with Crippen LogP contribution in [0.1, 0.15) is 43.5 Å². The Morgan fingerprint density at radius 2 is 1.84 bits per heavy atom. The first-order chi connectivity index (χ1) is 9.15. The predicted molar refractivity (Wildman–Crippen MR) is 79.8 cm³/mol. The van der Waals surface area contributed by atoms with Crippen molar-refractivity contribution in [3.63, 3.8) is 0 Å². The van der Waals surface area contributed by atoms with Gasteiger partial charge in [0.2, 0.25) is 0 Å². The largest absolute Gasteiger partial charge is 0.381 e. The number of nitrogens with one attached hydrogen (secondary N) is 1. The first-order valence-corrected chi connectivity index (χ1v) is 7.25. The van der Waals surface area contributed by atoms with Crippen LogP contribution in [0.3, 0.4) is 0 Å². The van der Waals surface area contributed by atoms with Gasteiger partial charge in [-0.2, -0.15) is 0 Å². The summed E-state index contributed by atoms with van der Waals surface area (Å²) in [6, 6.07) is 8.19. The van der Waals surface area contributed by atoms with E-state index in [0.29, 0.717) is 6.04 Å². The van der Waals surface area contributed by atoms with Crippen molar-refractivity contribution in [2.45, 2.75) is 39.2 Å². The zero-order valence-electron chi connectivity index (χ0n) is 12.0. The maximum Gasteiger partial charge on any atom is 0.159 e. The second-order valence-corrected chi connectivity index (χ2v) is 5.54. The van der Waals surface area contributed by atoms with Crippen LogP contribution in [0.5, 0.6) is 0 Å². The number of benzene rings is 1. The van der Waals surface area contributed by atoms with Crippen molar-refractivity contribution >= 4 is 11.5 Å². The Balaban J connectivity index is 1.83. The standard InChI is InChI=1S/C16H24N2O/c1-13(12-18-10-4-3-5-11-18)17-16-8-6-15(7-9-16)14(2)19/h6-9,13,17H,3-5,10-12H2,1-2H3. The summed E-state index contributed by atoms with van der Waals surface area (Å²) in [5.74, 6) is 0.118. The van der Waals surface area contributed by atoms with E-state index >= 15 is 0 Å². The molecule has 0 amide bonds. The van der Waals surface area contributed by atoms with E-state index < -0.39 is 0 Å². The van der Waals surface area contributed by atoms with Gasteiger partial charge < -0.3 is 10.2 Å². The van der Waals surface area contributed by atoms with Gasteiger partial charge in [-0.1, -0.05) is 6.42 Å². The second kappa shape index (κ2) is 6.71. The van der Waals surface area contributed by atoms with E-state index in [0.717, 1.165) is 17.8 Å². The van der Waals surface area contributed by atoms with Gasteiger partial charge in [0.15, 0.2) is 5.78 Å². The number of likely N-dealkylation sites (tertiary alicyclic amines) is 1. The molecule has 0 aliphatic carbocycles. The third kappa shape index (κ3) is 4.35. The minimum Gasteiger partial charge on any atom is -0.381 e. The number of piperidine rings is 1. The average Bonchev–Trinajstić information content (AvgIpc) is 2.40. The number of Topliss-reactive ketones (excluding diaryl/α,β-unsaturated/α-hetero) is 1. The smallest absolute Gasteiger partial charge is 0.159 e. The van der Waals surface area contributed by atoms with E-state index in [4.69, 9.17) is 0 Å². The molecule has 19 heavy (non-hydrogen) atoms. The number of ketones is 1. The van der Waals surface area contributed by atoms with Crippen molar-refractivity contribution in [3.05, 3.63) is 29.8 Å². The highest BCUT2D eigenvalue weighted by Crippen LogP contribution is 2.13. The lowest BCUT2D eigenvalue weighted by molar-refractivity contribution is 0.101. The van der Waals surface area contributed by atoms with E-state index in [-0.39, 0.29) is 5.78 Å². The van der Waals surface area contributed by atoms with Crippen molar-refractivity contribution in [1.82, 2.24) is 4.90 Å². The predicted octanol–water partition coefficient (Wildman–Crippen LogP) is 3.18. The van der Waals surface area contributed by atoms with E-state index in [1.54, 1.807) is 6.92 Å². The highest BCUT2D eigenvalue weighted by molar-refractivity contribution is 5.94. The SMILES string of the molecule is CC(=O)c1ccc(NC(C)CN2CCCCC2)cc1. The molecular weight excluding hydrogens is 236 g/mol. The molecule has 0 spiro atoms. The van der Waals surface area contributed by atoms with Gasteiger partial charge in [-0.3, -0.25) is 4.79 Å². The first-order valence-electron chi connectivity index (χ1n) is 7.25. The molecule has 1 fully saturated rings. The van der Waals surface area contributed by atoms with Crippen LogP contribution in [0, 0.1) is 0 Å². The molecule has 0 bridgehead atoms. The van der Waals surface area contributed by atoms with Gasteiger partial charge in [0.1, 0.15) is 0 Å². The van der Waals surface area contributed by atoms with Gasteiger partial charge >= 0.3 is 0 Å². The number of carbonyl (C=O) groups is 1. The summed E-state index contributed by atoms with van der Waals surface area (Å²) in [6.07, 6.45) is 4.05. The molecule has 1 atom stereocenters. The van der Waals surface area contributed by atoms with E-state index in [9.17, 15) is 4.79 Å². The lowest BCUT2D eigenvalue weighted by atomic mass is 10.1. The van der Waals surface area contributed by atoms with Crippen LogP contribution in [0.15, 0.2) is 24.3 Å². The molecule has 104 valence electrons. The highest BCUT2D eigenvalue weighted by atomic mass is 16.1. The van der Waals surface area contributed by atoms with Crippen LogP contribution in [0.4, 0.5) is 5.69 Å². The van der Waals surface area contributed by atoms with Crippen molar-refractivity contribution in [2.24, 2.45) is 0 Å². The van der Waals surface area contributed by atoms with E-state index in [2.05, 4.69) is 17.1 Å². The Labute approximate surface area is 116 Å². The van der Waals surface area contributed by atoms with Crippen molar-refractivity contribution in [3.8, 4) is 0 Å². The van der Waals surface area contributed by atoms with Gasteiger partial charge in [-0.05, 0) is 64.0 Å². The topological polar surface area (TPSA) is 32.3 Å². The third-order valence-corrected chi connectivity index (χ3v) is 3.69. The minimum absolute atomic E-state index is 0.118. The quantitative estimate of drug-likeness (QED) is 0.825. The van der Waals surface area contributed by atoms with Gasteiger partial charge in [-0.15, -0.1) is 0 Å². The second-order valence-electron chi connectivity index (χ2n) is 5.54. The van der Waals surface area contributed by atoms with Crippen LogP contribution in [0.2, 0.25) is 0 Å². The molecule has 1 unspecified atom stereocenters. The molecule has 0 radical (unpaired) electrons. The number of carbonyl (C=O) groups excluding carboxylic acids is 1. The molecule has 1 heterocycles. The summed E-state index contributed by atoms with van der Waals surface area (Å²) in [4.78, 5) is 13.7. The Morgan fingerprint density at radius 1 is 1.21 bits per heavy atom. The van der Waals surface area contributed by atoms with Gasteiger partial charge in [0.05, 0.1) is 0 Å². The Bertz CT molecular complexity index is 407. The molecule has 1 aliphatic rings. The summed E-state index contributed by atoms with van der Waals surface area (Å²) in [6.45, 7) is 7.37. The fourth-order valence-electron chi connectivity index (χ4n) is 2.66. The van der Waals surface area contributed by atoms with Gasteiger partial charge in [0.25, 0.3) is 0 Å². The Morgan fingerprint density at radius 3 is 2.42 bits per heavy atom. The molecule has 3 heteroatoms. The molecule has 2 rings (SSSR count). The van der Waals surface area contributed by atoms with Gasteiger partial charge in [-0.25, -0.2) is 0 Å². The summed E-state index contributed by atoms with van der Waals surface area (Å²) >= 11 is 0. The number of hydrogen-bond donors (Lipinski definition) is 1. The molecular formula is C16H24N2O. The van der Waals surface area contributed by atoms with E-state index in [1.807, 2.05) is 24.3 Å². The lowest BCUT2D eigenvalue weighted by Gasteiger charge is -2.29. The van der Waals surface area contributed by atoms with Crippen molar-refractivity contribution < 1.29 is 4.79 Å². The highest BCUT2D eigenvalue weighted by Gasteiger charge is 2.13. The molecule has 1 aliphatic heterocycles. The van der Waals surface area contributed by atoms with Crippen molar-refractivity contribution in [2.75, 3.05) is 25.0 Å². The molecule has 1 N–H and O–H groups in total. The normalized spacial score (nSPS) is 18.0. The average molecular weight is 260 g/mol. The fraction of sp³-hybridized carbons (Fsp3) is 0.562.